The fourth-order valence-electron chi connectivity index (χ4n) is 1.33. The summed E-state index contributed by atoms with van der Waals surface area (Å²) in [6, 6.07) is 5.24. The SMILES string of the molecule is Cc1ccc(N)cc1C(=O)N(C)CCO. The minimum Gasteiger partial charge on any atom is -0.399 e. The lowest BCUT2D eigenvalue weighted by Gasteiger charge is -2.17. The number of nitrogens with zero attached hydrogens (tertiary/aromatic N) is 1. The van der Waals surface area contributed by atoms with Gasteiger partial charge in [-0.2, -0.15) is 0 Å². The summed E-state index contributed by atoms with van der Waals surface area (Å²) in [6.07, 6.45) is 0. The van der Waals surface area contributed by atoms with Crippen LogP contribution in [0.15, 0.2) is 18.2 Å². The number of aryl methyl sites for hydroxylation is 1. The number of nitrogen functional groups attached to an aromatic ring is 1. The van der Waals surface area contributed by atoms with Crippen molar-refractivity contribution in [1.29, 1.82) is 0 Å². The van der Waals surface area contributed by atoms with Crippen LogP contribution in [0.2, 0.25) is 0 Å². The average Bonchev–Trinajstić information content (AvgIpc) is 2.21. The van der Waals surface area contributed by atoms with Crippen molar-refractivity contribution in [3.8, 4) is 0 Å². The number of likely N-dealkylation sites (N-methyl/N-ethyl adjacent to an activating group) is 1. The Morgan fingerprint density at radius 2 is 2.20 bits per heavy atom. The zero-order valence-corrected chi connectivity index (χ0v) is 9.03. The van der Waals surface area contributed by atoms with Crippen molar-refractivity contribution < 1.29 is 9.90 Å². The Hall–Kier alpha value is -1.55. The number of anilines is 1. The highest BCUT2D eigenvalue weighted by molar-refractivity contribution is 5.96. The molecule has 0 heterocycles. The van der Waals surface area contributed by atoms with Crippen LogP contribution in [-0.2, 0) is 0 Å². The van der Waals surface area contributed by atoms with Crippen molar-refractivity contribution in [2.45, 2.75) is 6.92 Å². The highest BCUT2D eigenvalue weighted by atomic mass is 16.3. The number of nitrogens with two attached hydrogens (primary N) is 1. The van der Waals surface area contributed by atoms with E-state index in [1.807, 2.05) is 13.0 Å². The first-order valence-electron chi connectivity index (χ1n) is 4.78. The number of benzene rings is 1. The summed E-state index contributed by atoms with van der Waals surface area (Å²) >= 11 is 0. The second-order valence-corrected chi connectivity index (χ2v) is 3.52. The van der Waals surface area contributed by atoms with Gasteiger partial charge in [-0.15, -0.1) is 0 Å². The summed E-state index contributed by atoms with van der Waals surface area (Å²) < 4.78 is 0. The normalized spacial score (nSPS) is 10.1. The van der Waals surface area contributed by atoms with Gasteiger partial charge in [-0.05, 0) is 24.6 Å². The first-order chi connectivity index (χ1) is 7.06. The van der Waals surface area contributed by atoms with E-state index in [0.717, 1.165) is 5.56 Å². The Bertz CT molecular complexity index is 364. The van der Waals surface area contributed by atoms with E-state index in [9.17, 15) is 4.79 Å². The second-order valence-electron chi connectivity index (χ2n) is 3.52. The van der Waals surface area contributed by atoms with Gasteiger partial charge in [0.1, 0.15) is 0 Å². The van der Waals surface area contributed by atoms with Gasteiger partial charge in [0, 0.05) is 24.8 Å². The smallest absolute Gasteiger partial charge is 0.254 e. The summed E-state index contributed by atoms with van der Waals surface area (Å²) in [5, 5.41) is 8.74. The maximum absolute atomic E-state index is 11.9. The van der Waals surface area contributed by atoms with Crippen LogP contribution in [0.3, 0.4) is 0 Å². The van der Waals surface area contributed by atoms with Gasteiger partial charge in [0.25, 0.3) is 5.91 Å². The molecular weight excluding hydrogens is 192 g/mol. The molecule has 0 saturated heterocycles. The maximum Gasteiger partial charge on any atom is 0.254 e. The number of carbonyl (C=O) groups excluding carboxylic acids is 1. The molecule has 0 spiro atoms. The van der Waals surface area contributed by atoms with E-state index < -0.39 is 0 Å². The van der Waals surface area contributed by atoms with E-state index in [4.69, 9.17) is 10.8 Å². The van der Waals surface area contributed by atoms with E-state index in [0.29, 0.717) is 17.8 Å². The molecule has 0 saturated carbocycles. The standard InChI is InChI=1S/C11H16N2O2/c1-8-3-4-9(12)7-10(8)11(15)13(2)5-6-14/h3-4,7,14H,5-6,12H2,1-2H3. The van der Waals surface area contributed by atoms with Crippen LogP contribution in [0.5, 0.6) is 0 Å². The minimum atomic E-state index is -0.117. The Morgan fingerprint density at radius 3 is 2.80 bits per heavy atom. The number of carbonyl (C=O) groups is 1. The van der Waals surface area contributed by atoms with Crippen LogP contribution < -0.4 is 5.73 Å². The molecule has 1 amide bonds. The van der Waals surface area contributed by atoms with Gasteiger partial charge in [-0.3, -0.25) is 4.79 Å². The molecule has 82 valence electrons. The van der Waals surface area contributed by atoms with Gasteiger partial charge in [0.2, 0.25) is 0 Å². The van der Waals surface area contributed by atoms with Gasteiger partial charge in [-0.25, -0.2) is 0 Å². The van der Waals surface area contributed by atoms with E-state index in [1.54, 1.807) is 19.2 Å². The molecular formula is C11H16N2O2. The number of hydrogen-bond acceptors (Lipinski definition) is 3. The molecule has 1 aromatic carbocycles. The molecule has 15 heavy (non-hydrogen) atoms. The molecule has 0 aliphatic heterocycles. The maximum atomic E-state index is 11.9. The number of aliphatic hydroxyl groups excluding tert-OH is 1. The van der Waals surface area contributed by atoms with Crippen LogP contribution in [0.25, 0.3) is 0 Å². The van der Waals surface area contributed by atoms with Gasteiger partial charge in [0.15, 0.2) is 0 Å². The minimum absolute atomic E-state index is 0.0381. The van der Waals surface area contributed by atoms with Crippen LogP contribution in [-0.4, -0.2) is 36.1 Å². The lowest BCUT2D eigenvalue weighted by atomic mass is 10.1. The lowest BCUT2D eigenvalue weighted by Crippen LogP contribution is -2.30. The van der Waals surface area contributed by atoms with Crippen molar-refractivity contribution in [2.24, 2.45) is 0 Å². The summed E-state index contributed by atoms with van der Waals surface area (Å²) in [6.45, 7) is 2.15. The predicted octanol–water partition coefficient (Wildman–Crippen LogP) is 0.642. The number of rotatable bonds is 3. The largest absolute Gasteiger partial charge is 0.399 e. The first kappa shape index (κ1) is 11.5. The molecule has 4 nitrogen and oxygen atoms in total. The third-order valence-electron chi connectivity index (χ3n) is 2.27. The lowest BCUT2D eigenvalue weighted by molar-refractivity contribution is 0.0766. The highest BCUT2D eigenvalue weighted by Gasteiger charge is 2.13. The van der Waals surface area contributed by atoms with E-state index >= 15 is 0 Å². The molecule has 1 aromatic rings. The molecule has 0 bridgehead atoms. The van der Waals surface area contributed by atoms with Crippen LogP contribution in [0.4, 0.5) is 5.69 Å². The predicted molar refractivity (Wildman–Crippen MR) is 59.6 cm³/mol. The molecule has 0 aliphatic rings. The molecule has 1 rings (SSSR count). The molecule has 0 atom stereocenters. The summed E-state index contributed by atoms with van der Waals surface area (Å²) in [5.41, 5.74) is 7.67. The van der Waals surface area contributed by atoms with Crippen LogP contribution in [0.1, 0.15) is 15.9 Å². The second kappa shape index (κ2) is 4.79. The Balaban J connectivity index is 2.95. The zero-order valence-electron chi connectivity index (χ0n) is 9.03. The highest BCUT2D eigenvalue weighted by Crippen LogP contribution is 2.14. The van der Waals surface area contributed by atoms with Crippen LogP contribution >= 0.6 is 0 Å². The Kier molecular flexibility index (Phi) is 3.68. The van der Waals surface area contributed by atoms with Gasteiger partial charge in [-0.1, -0.05) is 6.07 Å². The van der Waals surface area contributed by atoms with Gasteiger partial charge >= 0.3 is 0 Å². The van der Waals surface area contributed by atoms with Crippen LogP contribution in [0, 0.1) is 6.92 Å². The Labute approximate surface area is 89.3 Å². The van der Waals surface area contributed by atoms with Gasteiger partial charge in [0.05, 0.1) is 6.61 Å². The summed E-state index contributed by atoms with van der Waals surface area (Å²) in [7, 11) is 1.65. The van der Waals surface area contributed by atoms with Crippen molar-refractivity contribution in [3.05, 3.63) is 29.3 Å². The average molecular weight is 208 g/mol. The fraction of sp³-hybridized carbons (Fsp3) is 0.364. The summed E-state index contributed by atoms with van der Waals surface area (Å²) in [5.74, 6) is -0.117. The van der Waals surface area contributed by atoms with E-state index in [2.05, 4.69) is 0 Å². The van der Waals surface area contributed by atoms with Gasteiger partial charge < -0.3 is 15.7 Å². The molecule has 4 heteroatoms. The number of amides is 1. The summed E-state index contributed by atoms with van der Waals surface area (Å²) in [4.78, 5) is 13.3. The zero-order chi connectivity index (χ0) is 11.4. The topological polar surface area (TPSA) is 66.6 Å². The quantitative estimate of drug-likeness (QED) is 0.716. The third kappa shape index (κ3) is 2.70. The van der Waals surface area contributed by atoms with E-state index in [1.165, 1.54) is 4.90 Å². The molecule has 0 fully saturated rings. The van der Waals surface area contributed by atoms with E-state index in [-0.39, 0.29) is 12.5 Å². The molecule has 0 radical (unpaired) electrons. The fourth-order valence-corrected chi connectivity index (χ4v) is 1.33. The Morgan fingerprint density at radius 1 is 1.53 bits per heavy atom. The number of aliphatic hydroxyl groups is 1. The molecule has 3 N–H and O–H groups in total. The molecule has 0 aliphatic carbocycles. The third-order valence-corrected chi connectivity index (χ3v) is 2.27. The number of hydrogen-bond donors (Lipinski definition) is 2. The van der Waals surface area contributed by atoms with Crippen molar-refractivity contribution >= 4 is 11.6 Å². The van der Waals surface area contributed by atoms with Crippen molar-refractivity contribution in [1.82, 2.24) is 4.90 Å². The van der Waals surface area contributed by atoms with Crippen molar-refractivity contribution in [3.63, 3.8) is 0 Å². The molecule has 0 unspecified atom stereocenters. The molecule has 0 aromatic heterocycles. The van der Waals surface area contributed by atoms with Crippen molar-refractivity contribution in [2.75, 3.05) is 25.9 Å². The first-order valence-corrected chi connectivity index (χ1v) is 4.78. The monoisotopic (exact) mass is 208 g/mol.